The molecule has 4 aromatic rings. The summed E-state index contributed by atoms with van der Waals surface area (Å²) in [5, 5.41) is 36.6. The fourth-order valence-corrected chi connectivity index (χ4v) is 13.5. The highest BCUT2D eigenvalue weighted by Crippen LogP contribution is 2.48. The summed E-state index contributed by atoms with van der Waals surface area (Å²) in [5.41, 5.74) is 9.67. The zero-order valence-electron chi connectivity index (χ0n) is 60.3. The number of para-hydroxylation sites is 2. The van der Waals surface area contributed by atoms with E-state index in [-0.39, 0.29) is 94.0 Å². The molecule has 574 valence electrons. The number of urea groups is 1. The van der Waals surface area contributed by atoms with Crippen molar-refractivity contribution in [1.29, 1.82) is 0 Å². The summed E-state index contributed by atoms with van der Waals surface area (Å²) < 4.78 is 94.9. The highest BCUT2D eigenvalue weighted by Gasteiger charge is 2.44. The lowest BCUT2D eigenvalue weighted by molar-refractivity contribution is -0.438. The minimum absolute atomic E-state index is 0.0317. The van der Waals surface area contributed by atoms with E-state index in [0.717, 1.165) is 78.7 Å². The van der Waals surface area contributed by atoms with Gasteiger partial charge in [0, 0.05) is 91.9 Å². The molecular weight excluding hydrogens is 1430 g/mol. The highest BCUT2D eigenvalue weighted by molar-refractivity contribution is 7.85. The Hall–Kier alpha value is -9.87. The van der Waals surface area contributed by atoms with Gasteiger partial charge in [-0.25, -0.2) is 18.0 Å². The second-order valence-electron chi connectivity index (χ2n) is 26.7. The standard InChI is InChI=1S/C75H95N5O14S.CO2.2O3S/c1-6-7-19-46-79-63-31-17-15-29-59(63)74(2,3)66(79)43-37-54-26-22-27-55(38-44-67-75(4,5)60-30-16-18-32-64(60)80(67)47-20-21-48-95(91,92)93)70(54)94-58-40-35-53(36-41-58)49-56(71(86)87)51-65(82)62(50-52-24-11-10-12-25-52)77-68(83)33-14-9-8-13-28-57(81)39-42-61(72(88)89)78-73(90)76-45-23-34-69(84)85;2-1-3;2*1-4(2)3/h10-12,15-18,24-25,29-32,35-38,40-41,43-44,56,61-62H,6-9,13-14,19-23,26-28,33-34,39,42,45-51H2,1-5H3,(H6-,76,77,78,83,84,85,86,87,88,89,90,91,92,93);;;/t56-,61+,62+;;;/m1.../s1. The number of allylic oxidation sites excluding steroid dienone is 7. The van der Waals surface area contributed by atoms with Crippen molar-refractivity contribution in [3.8, 4) is 5.75 Å². The Morgan fingerprint density at radius 3 is 1.90 bits per heavy atom. The van der Waals surface area contributed by atoms with Crippen LogP contribution in [0.1, 0.15) is 179 Å². The first-order valence-electron chi connectivity index (χ1n) is 35.0. The summed E-state index contributed by atoms with van der Waals surface area (Å²) >= 11 is 0. The first-order valence-corrected chi connectivity index (χ1v) is 38.6. The van der Waals surface area contributed by atoms with E-state index in [1.165, 1.54) is 17.0 Å². The summed E-state index contributed by atoms with van der Waals surface area (Å²) in [7, 11) is -10.6. The third-order valence-electron chi connectivity index (χ3n) is 18.2. The number of hydrogen-bond acceptors (Lipinski definition) is 20. The predicted molar refractivity (Wildman–Crippen MR) is 390 cm³/mol. The van der Waals surface area contributed by atoms with Crippen LogP contribution in [0.3, 0.4) is 0 Å². The van der Waals surface area contributed by atoms with Crippen LogP contribution in [-0.4, -0.2) is 149 Å². The van der Waals surface area contributed by atoms with Gasteiger partial charge in [0.15, 0.2) is 11.5 Å². The fraction of sp³-hybridized carbons (Fsp3) is 0.461. The molecule has 0 unspecified atom stereocenters. The third kappa shape index (κ3) is 30.3. The molecule has 4 aromatic carbocycles. The molecule has 106 heavy (non-hydrogen) atoms. The van der Waals surface area contributed by atoms with Crippen LogP contribution in [0.15, 0.2) is 150 Å². The van der Waals surface area contributed by atoms with Crippen molar-refractivity contribution in [3.05, 3.63) is 172 Å². The number of carboxylic acid groups (broad SMARTS) is 3. The lowest BCUT2D eigenvalue weighted by Gasteiger charge is -2.28. The molecule has 0 spiro atoms. The van der Waals surface area contributed by atoms with E-state index < -0.39 is 90.2 Å². The second-order valence-corrected chi connectivity index (χ2v) is 29.0. The Bertz CT molecular complexity index is 4220. The molecule has 2 aliphatic heterocycles. The van der Waals surface area contributed by atoms with Crippen LogP contribution in [0.4, 0.5) is 16.2 Å². The van der Waals surface area contributed by atoms with Crippen LogP contribution in [-0.2, 0) is 93.4 Å². The van der Waals surface area contributed by atoms with Crippen LogP contribution in [0.5, 0.6) is 5.75 Å². The number of nitrogens with zero attached hydrogens (tertiary/aromatic N) is 2. The average Bonchev–Trinajstić information content (AvgIpc) is 1.60. The van der Waals surface area contributed by atoms with Gasteiger partial charge in [0.2, 0.25) is 11.6 Å². The Labute approximate surface area is 621 Å². The van der Waals surface area contributed by atoms with Gasteiger partial charge in [-0.15, -0.1) is 25.3 Å². The van der Waals surface area contributed by atoms with Gasteiger partial charge in [0.25, 0.3) is 0 Å². The lowest BCUT2D eigenvalue weighted by atomic mass is 9.81. The number of Topliss-reactive ketones (excluding diaryl/α,β-unsaturated/α-hetero) is 2. The minimum Gasteiger partial charge on any atom is -0.748 e. The number of carboxylic acids is 3. The van der Waals surface area contributed by atoms with Crippen molar-refractivity contribution in [2.24, 2.45) is 5.92 Å². The largest absolute Gasteiger partial charge is 0.748 e. The SMILES string of the molecule is CCCCC[N+]1=C(C=CC2=C(Oc3ccc(C[C@H](CC(=O)[C@H](Cc4ccccc4)NC(=O)CCCCCCC(=O)CC[C@H](NC(=O)NCCCC(=O)O)C(=O)O)C(=O)O)cc3)C(=CC=C3N(CCCCS(=O)(=O)[O-])c4ccccc4C3(C)C)CCC2)C(C)(C)c2ccccc21.O=C=O.O=S(=O)=O.O=S(=O)=O. The smallest absolute Gasteiger partial charge is 0.425 e. The van der Waals surface area contributed by atoms with Gasteiger partial charge in [0.1, 0.15) is 29.9 Å². The molecule has 30 heteroatoms. The number of hydrogen-bond donors (Lipinski definition) is 6. The molecule has 3 atom stereocenters. The predicted octanol–water partition coefficient (Wildman–Crippen LogP) is 9.91. The molecule has 0 saturated carbocycles. The number of fused-ring (bicyclic) bond motifs is 2. The van der Waals surface area contributed by atoms with Crippen molar-refractivity contribution in [2.75, 3.05) is 30.3 Å². The zero-order chi connectivity index (χ0) is 78.6. The van der Waals surface area contributed by atoms with E-state index >= 15 is 0 Å². The van der Waals surface area contributed by atoms with Gasteiger partial charge in [0.05, 0.1) is 27.5 Å². The van der Waals surface area contributed by atoms with Gasteiger partial charge in [-0.3, -0.25) is 24.0 Å². The monoisotopic (exact) mass is 1530 g/mol. The van der Waals surface area contributed by atoms with Crippen LogP contribution < -0.4 is 25.6 Å². The van der Waals surface area contributed by atoms with Gasteiger partial charge in [-0.2, -0.15) is 14.2 Å². The number of amides is 3. The molecule has 0 saturated heterocycles. The molecule has 3 aliphatic rings. The second kappa shape index (κ2) is 44.8. The third-order valence-corrected chi connectivity index (χ3v) is 19.0. The number of ether oxygens (including phenoxy) is 1. The number of ketones is 2. The number of nitrogens with one attached hydrogen (secondary N) is 3. The minimum atomic E-state index is -4.36. The lowest BCUT2D eigenvalue weighted by Crippen LogP contribution is -2.46. The molecule has 2 heterocycles. The van der Waals surface area contributed by atoms with Crippen molar-refractivity contribution in [1.82, 2.24) is 16.0 Å². The maximum absolute atomic E-state index is 14.2. The molecule has 0 bridgehead atoms. The highest BCUT2D eigenvalue weighted by atomic mass is 32.2. The van der Waals surface area contributed by atoms with Gasteiger partial charge in [-0.1, -0.05) is 125 Å². The molecule has 6 N–H and O–H groups in total. The fourth-order valence-electron chi connectivity index (χ4n) is 12.9. The van der Waals surface area contributed by atoms with Crippen molar-refractivity contribution in [2.45, 2.75) is 192 Å². The molecule has 1 aliphatic carbocycles. The topological polar surface area (TPSA) is 426 Å². The van der Waals surface area contributed by atoms with Crippen LogP contribution in [0.2, 0.25) is 0 Å². The summed E-state index contributed by atoms with van der Waals surface area (Å²) in [6.45, 7) is 12.6. The summed E-state index contributed by atoms with van der Waals surface area (Å²) in [4.78, 5) is 106. The maximum atomic E-state index is 14.2. The molecule has 3 amide bonds. The van der Waals surface area contributed by atoms with Crippen LogP contribution >= 0.6 is 0 Å². The van der Waals surface area contributed by atoms with E-state index in [1.54, 1.807) is 0 Å². The Morgan fingerprint density at radius 2 is 1.27 bits per heavy atom. The van der Waals surface area contributed by atoms with Crippen molar-refractivity contribution < 1.29 is 106 Å². The summed E-state index contributed by atoms with van der Waals surface area (Å²) in [6, 6.07) is 30.2. The van der Waals surface area contributed by atoms with E-state index in [0.29, 0.717) is 55.7 Å². The number of unbranched alkanes of at least 4 members (excludes halogenated alkanes) is 6. The van der Waals surface area contributed by atoms with E-state index in [2.05, 4.69) is 121 Å². The van der Waals surface area contributed by atoms with Crippen molar-refractivity contribution in [3.63, 3.8) is 0 Å². The van der Waals surface area contributed by atoms with Gasteiger partial charge < -0.3 is 45.5 Å². The molecule has 0 fully saturated rings. The number of benzene rings is 4. The molecule has 7 rings (SSSR count). The Morgan fingerprint density at radius 1 is 0.660 bits per heavy atom. The first-order chi connectivity index (χ1) is 50.2. The van der Waals surface area contributed by atoms with E-state index in [9.17, 15) is 56.7 Å². The Balaban J connectivity index is 0.00000202. The van der Waals surface area contributed by atoms with Gasteiger partial charge in [-0.05, 0) is 149 Å². The molecule has 0 radical (unpaired) electrons. The van der Waals surface area contributed by atoms with Crippen molar-refractivity contribution >= 4 is 96.0 Å². The molecular formula is C76H95N5O22S3. The normalized spacial score (nSPS) is 15.5. The number of anilines is 1. The quantitative estimate of drug-likeness (QED) is 0.0137. The number of carbonyl (C=O) groups excluding carboxylic acids is 6. The zero-order valence-corrected chi connectivity index (χ0v) is 62.7. The van der Waals surface area contributed by atoms with Crippen LogP contribution in [0, 0.1) is 5.92 Å². The molecule has 0 aromatic heterocycles. The van der Waals surface area contributed by atoms with Crippen LogP contribution in [0.25, 0.3) is 0 Å². The maximum Gasteiger partial charge on any atom is 0.425 e. The summed E-state index contributed by atoms with van der Waals surface area (Å²) in [6.07, 6.45) is 17.5. The number of rotatable bonds is 39. The summed E-state index contributed by atoms with van der Waals surface area (Å²) in [5.74, 6) is -4.72. The average molecular weight is 1530 g/mol. The Kier molecular flexibility index (Phi) is 37.4. The van der Waals surface area contributed by atoms with Gasteiger partial charge >= 0.3 is 51.3 Å². The first kappa shape index (κ1) is 88.5. The number of carbonyl (C=O) groups is 7. The molecule has 27 nitrogen and oxygen atoms in total. The van der Waals surface area contributed by atoms with E-state index in [1.807, 2.05) is 66.7 Å². The number of aliphatic carboxylic acids is 3. The van der Waals surface area contributed by atoms with E-state index in [4.69, 9.17) is 44.7 Å².